The van der Waals surface area contributed by atoms with Gasteiger partial charge in [-0.05, 0) is 5.92 Å². The molecule has 0 aromatic carbocycles. The van der Waals surface area contributed by atoms with Crippen LogP contribution in [0.1, 0.15) is 6.92 Å². The fraction of sp³-hybridized carbons (Fsp3) is 1.00. The van der Waals surface area contributed by atoms with Gasteiger partial charge in [0.25, 0.3) is 0 Å². The Labute approximate surface area is 49.7 Å². The molecule has 0 aliphatic heterocycles. The molecule has 0 radical (unpaired) electrons. The highest BCUT2D eigenvalue weighted by molar-refractivity contribution is 4.67. The number of aliphatic hydroxyl groups is 1. The van der Waals surface area contributed by atoms with Gasteiger partial charge >= 0.3 is 0 Å². The zero-order valence-electron chi connectivity index (χ0n) is 5.17. The Kier molecular flexibility index (Phi) is 3.77. The van der Waals surface area contributed by atoms with E-state index in [0.717, 1.165) is 0 Å². The molecule has 0 spiro atoms. The van der Waals surface area contributed by atoms with Crippen molar-refractivity contribution in [3.8, 4) is 0 Å². The average Bonchev–Trinajstić information content (AvgIpc) is 1.84. The van der Waals surface area contributed by atoms with Crippen molar-refractivity contribution in [2.75, 3.05) is 13.2 Å². The third kappa shape index (κ3) is 2.26. The Morgan fingerprint density at radius 2 is 2.12 bits per heavy atom. The van der Waals surface area contributed by atoms with Crippen LogP contribution in [0.5, 0.6) is 0 Å². The standard InChI is InChI=1S/C5H14N2O/c1-4(3-8)5(7)2-6/h4-5,8H,2-3,6-7H2,1H3. The maximum absolute atomic E-state index is 8.50. The van der Waals surface area contributed by atoms with Gasteiger partial charge in [0.2, 0.25) is 0 Å². The zero-order chi connectivity index (χ0) is 6.57. The summed E-state index contributed by atoms with van der Waals surface area (Å²) in [5.74, 6) is 0.125. The Morgan fingerprint density at radius 3 is 2.25 bits per heavy atom. The minimum absolute atomic E-state index is 0.0556. The molecular weight excluding hydrogens is 104 g/mol. The van der Waals surface area contributed by atoms with Gasteiger partial charge in [-0.3, -0.25) is 0 Å². The molecular formula is C5H14N2O. The summed E-state index contributed by atoms with van der Waals surface area (Å²) in [6, 6.07) is -0.0556. The smallest absolute Gasteiger partial charge is 0.0471 e. The first-order valence-electron chi connectivity index (χ1n) is 2.78. The average molecular weight is 118 g/mol. The molecule has 3 heteroatoms. The van der Waals surface area contributed by atoms with Crippen molar-refractivity contribution in [2.24, 2.45) is 17.4 Å². The number of hydrogen-bond donors (Lipinski definition) is 3. The second kappa shape index (κ2) is 3.83. The lowest BCUT2D eigenvalue weighted by molar-refractivity contribution is 0.218. The van der Waals surface area contributed by atoms with Gasteiger partial charge in [0, 0.05) is 19.2 Å². The Hall–Kier alpha value is -0.120. The molecule has 0 bridgehead atoms. The quantitative estimate of drug-likeness (QED) is 0.440. The summed E-state index contributed by atoms with van der Waals surface area (Å²) in [6.45, 7) is 2.44. The molecule has 0 saturated carbocycles. The van der Waals surface area contributed by atoms with E-state index in [9.17, 15) is 0 Å². The second-order valence-electron chi connectivity index (χ2n) is 2.06. The fourth-order valence-electron chi connectivity index (χ4n) is 0.368. The van der Waals surface area contributed by atoms with Crippen molar-refractivity contribution < 1.29 is 5.11 Å². The normalized spacial score (nSPS) is 18.0. The highest BCUT2D eigenvalue weighted by atomic mass is 16.3. The van der Waals surface area contributed by atoms with Gasteiger partial charge in [0.05, 0.1) is 0 Å². The van der Waals surface area contributed by atoms with Crippen LogP contribution in [-0.4, -0.2) is 24.3 Å². The number of rotatable bonds is 3. The summed E-state index contributed by atoms with van der Waals surface area (Å²) in [5.41, 5.74) is 10.7. The number of nitrogens with two attached hydrogens (primary N) is 2. The molecule has 0 rings (SSSR count). The molecule has 0 amide bonds. The van der Waals surface area contributed by atoms with Crippen LogP contribution >= 0.6 is 0 Å². The minimum atomic E-state index is -0.0556. The van der Waals surface area contributed by atoms with Crippen molar-refractivity contribution in [3.63, 3.8) is 0 Å². The van der Waals surface area contributed by atoms with E-state index in [1.54, 1.807) is 0 Å². The molecule has 0 aromatic rings. The van der Waals surface area contributed by atoms with Gasteiger partial charge in [0.15, 0.2) is 0 Å². The zero-order valence-corrected chi connectivity index (χ0v) is 5.17. The summed E-state index contributed by atoms with van der Waals surface area (Å²) < 4.78 is 0. The summed E-state index contributed by atoms with van der Waals surface area (Å²) in [6.07, 6.45) is 0. The minimum Gasteiger partial charge on any atom is -0.396 e. The third-order valence-electron chi connectivity index (χ3n) is 1.29. The molecule has 8 heavy (non-hydrogen) atoms. The van der Waals surface area contributed by atoms with Crippen molar-refractivity contribution in [3.05, 3.63) is 0 Å². The molecule has 2 atom stereocenters. The molecule has 0 aliphatic rings. The van der Waals surface area contributed by atoms with Crippen LogP contribution in [0.4, 0.5) is 0 Å². The lowest BCUT2D eigenvalue weighted by atomic mass is 10.1. The van der Waals surface area contributed by atoms with Gasteiger partial charge in [-0.25, -0.2) is 0 Å². The van der Waals surface area contributed by atoms with E-state index >= 15 is 0 Å². The summed E-state index contributed by atoms with van der Waals surface area (Å²) in [4.78, 5) is 0. The molecule has 5 N–H and O–H groups in total. The van der Waals surface area contributed by atoms with Crippen molar-refractivity contribution in [1.82, 2.24) is 0 Å². The molecule has 3 nitrogen and oxygen atoms in total. The van der Waals surface area contributed by atoms with Gasteiger partial charge in [-0.15, -0.1) is 0 Å². The summed E-state index contributed by atoms with van der Waals surface area (Å²) in [5, 5.41) is 8.50. The van der Waals surface area contributed by atoms with Crippen LogP contribution < -0.4 is 11.5 Å². The van der Waals surface area contributed by atoms with E-state index in [4.69, 9.17) is 16.6 Å². The predicted octanol–water partition coefficient (Wildman–Crippen LogP) is -1.10. The van der Waals surface area contributed by atoms with Crippen LogP contribution in [0.2, 0.25) is 0 Å². The van der Waals surface area contributed by atoms with Gasteiger partial charge in [-0.2, -0.15) is 0 Å². The largest absolute Gasteiger partial charge is 0.396 e. The molecule has 0 aromatic heterocycles. The second-order valence-corrected chi connectivity index (χ2v) is 2.06. The van der Waals surface area contributed by atoms with E-state index < -0.39 is 0 Å². The fourth-order valence-corrected chi connectivity index (χ4v) is 0.368. The number of hydrogen-bond acceptors (Lipinski definition) is 3. The molecule has 0 heterocycles. The van der Waals surface area contributed by atoms with E-state index in [1.165, 1.54) is 0 Å². The van der Waals surface area contributed by atoms with Crippen molar-refractivity contribution in [2.45, 2.75) is 13.0 Å². The van der Waals surface area contributed by atoms with Crippen molar-refractivity contribution in [1.29, 1.82) is 0 Å². The van der Waals surface area contributed by atoms with E-state index in [0.29, 0.717) is 6.54 Å². The molecule has 2 unspecified atom stereocenters. The Balaban J connectivity index is 3.29. The molecule has 0 fully saturated rings. The van der Waals surface area contributed by atoms with Gasteiger partial charge in [-0.1, -0.05) is 6.92 Å². The first kappa shape index (κ1) is 7.88. The highest BCUT2D eigenvalue weighted by Gasteiger charge is 2.07. The Bertz CT molecular complexity index is 50.4. The van der Waals surface area contributed by atoms with Gasteiger partial charge < -0.3 is 16.6 Å². The summed E-state index contributed by atoms with van der Waals surface area (Å²) >= 11 is 0. The lowest BCUT2D eigenvalue weighted by Gasteiger charge is -2.13. The van der Waals surface area contributed by atoms with Crippen molar-refractivity contribution >= 4 is 0 Å². The topological polar surface area (TPSA) is 72.3 Å². The maximum atomic E-state index is 8.50. The van der Waals surface area contributed by atoms with Gasteiger partial charge in [0.1, 0.15) is 0 Å². The lowest BCUT2D eigenvalue weighted by Crippen LogP contribution is -2.37. The van der Waals surface area contributed by atoms with Crippen LogP contribution in [0, 0.1) is 5.92 Å². The van der Waals surface area contributed by atoms with Crippen LogP contribution in [0.15, 0.2) is 0 Å². The SMILES string of the molecule is CC(CO)C(N)CN. The maximum Gasteiger partial charge on any atom is 0.0471 e. The highest BCUT2D eigenvalue weighted by Crippen LogP contribution is 1.94. The van der Waals surface area contributed by atoms with E-state index in [1.807, 2.05) is 6.92 Å². The first-order valence-corrected chi connectivity index (χ1v) is 2.78. The molecule has 50 valence electrons. The predicted molar refractivity (Wildman–Crippen MR) is 33.3 cm³/mol. The summed E-state index contributed by atoms with van der Waals surface area (Å²) in [7, 11) is 0. The van der Waals surface area contributed by atoms with Crippen LogP contribution in [0.25, 0.3) is 0 Å². The number of aliphatic hydroxyl groups excluding tert-OH is 1. The molecule has 0 saturated heterocycles. The van der Waals surface area contributed by atoms with E-state index in [-0.39, 0.29) is 18.6 Å². The van der Waals surface area contributed by atoms with Crippen LogP contribution in [0.3, 0.4) is 0 Å². The third-order valence-corrected chi connectivity index (χ3v) is 1.29. The monoisotopic (exact) mass is 118 g/mol. The van der Waals surface area contributed by atoms with E-state index in [2.05, 4.69) is 0 Å². The van der Waals surface area contributed by atoms with Crippen LogP contribution in [-0.2, 0) is 0 Å². The Morgan fingerprint density at radius 1 is 1.62 bits per heavy atom. The molecule has 0 aliphatic carbocycles. The first-order chi connectivity index (χ1) is 3.72.